The van der Waals surface area contributed by atoms with Gasteiger partial charge < -0.3 is 10.2 Å². The summed E-state index contributed by atoms with van der Waals surface area (Å²) in [5.74, 6) is -2.56. The van der Waals surface area contributed by atoms with Crippen molar-refractivity contribution in [2.45, 2.75) is 37.0 Å². The number of aromatic nitrogens is 3. The molecule has 6 nitrogen and oxygen atoms in total. The molecule has 4 rings (SSSR count). The quantitative estimate of drug-likeness (QED) is 0.506. The van der Waals surface area contributed by atoms with Crippen molar-refractivity contribution in [3.05, 3.63) is 54.0 Å². The van der Waals surface area contributed by atoms with Crippen LogP contribution in [0.15, 0.2) is 47.8 Å². The maximum absolute atomic E-state index is 14.0. The number of rotatable bonds is 5. The van der Waals surface area contributed by atoms with Gasteiger partial charge in [0.15, 0.2) is 0 Å². The predicted molar refractivity (Wildman–Crippen MR) is 128 cm³/mol. The van der Waals surface area contributed by atoms with Gasteiger partial charge in [-0.1, -0.05) is 6.07 Å². The fraction of sp³-hybridized carbons (Fsp3) is 0.375. The number of amides is 1. The number of halogens is 2. The molecule has 1 aromatic carbocycles. The van der Waals surface area contributed by atoms with Gasteiger partial charge in [-0.05, 0) is 43.4 Å². The number of pyridine rings is 1. The number of carbonyl (C=O) groups excluding carboxylic acids is 1. The molecule has 0 radical (unpaired) electrons. The van der Waals surface area contributed by atoms with Gasteiger partial charge in [-0.3, -0.25) is 9.48 Å². The minimum Gasteiger partial charge on any atom is -0.356 e. The minimum atomic E-state index is -2.69. The van der Waals surface area contributed by atoms with Crippen molar-refractivity contribution in [2.75, 3.05) is 29.6 Å². The first-order valence-electron chi connectivity index (χ1n) is 10.8. The predicted octanol–water partition coefficient (Wildman–Crippen LogP) is 5.39. The van der Waals surface area contributed by atoms with Crippen LogP contribution in [-0.4, -0.2) is 45.9 Å². The molecule has 0 spiro atoms. The largest absolute Gasteiger partial charge is 0.356 e. The van der Waals surface area contributed by atoms with Crippen LogP contribution in [0.5, 0.6) is 0 Å². The van der Waals surface area contributed by atoms with E-state index in [2.05, 4.69) is 15.4 Å². The lowest BCUT2D eigenvalue weighted by Crippen LogP contribution is -2.30. The SMILES string of the molecule is CSc1cccc(NC(=O)c2c(N3CCCC(F)(F)CC3)ncc(-c3cnn(C)c3)c2C)c1. The average molecular weight is 472 g/mol. The van der Waals surface area contributed by atoms with E-state index >= 15 is 0 Å². The molecule has 0 saturated carbocycles. The Hall–Kier alpha value is -2.94. The van der Waals surface area contributed by atoms with Gasteiger partial charge in [-0.15, -0.1) is 11.8 Å². The molecule has 9 heteroatoms. The molecule has 1 amide bonds. The van der Waals surface area contributed by atoms with Crippen molar-refractivity contribution in [2.24, 2.45) is 7.05 Å². The fourth-order valence-electron chi connectivity index (χ4n) is 4.12. The molecule has 1 aliphatic rings. The van der Waals surface area contributed by atoms with Gasteiger partial charge in [0.1, 0.15) is 5.82 Å². The Bertz CT molecular complexity index is 1160. The summed E-state index contributed by atoms with van der Waals surface area (Å²) >= 11 is 1.59. The van der Waals surface area contributed by atoms with Gasteiger partial charge in [-0.2, -0.15) is 5.10 Å². The van der Waals surface area contributed by atoms with Crippen LogP contribution in [0, 0.1) is 6.92 Å². The first-order valence-corrected chi connectivity index (χ1v) is 12.1. The molecule has 174 valence electrons. The lowest BCUT2D eigenvalue weighted by molar-refractivity contribution is -0.0102. The molecular formula is C24H27F2N5OS. The van der Waals surface area contributed by atoms with Gasteiger partial charge in [0.05, 0.1) is 11.8 Å². The van der Waals surface area contributed by atoms with Gasteiger partial charge in [0.2, 0.25) is 5.92 Å². The maximum Gasteiger partial charge on any atom is 0.259 e. The van der Waals surface area contributed by atoms with E-state index in [0.29, 0.717) is 30.0 Å². The van der Waals surface area contributed by atoms with Crippen LogP contribution in [0.1, 0.15) is 35.2 Å². The lowest BCUT2D eigenvalue weighted by Gasteiger charge is -2.26. The third-order valence-electron chi connectivity index (χ3n) is 5.91. The van der Waals surface area contributed by atoms with Crippen LogP contribution in [0.4, 0.5) is 20.3 Å². The molecule has 1 fully saturated rings. The first-order chi connectivity index (χ1) is 15.8. The number of hydrogen-bond acceptors (Lipinski definition) is 5. The molecule has 0 bridgehead atoms. The molecule has 0 atom stereocenters. The van der Waals surface area contributed by atoms with Gasteiger partial charge >= 0.3 is 0 Å². The summed E-state index contributed by atoms with van der Waals surface area (Å²) < 4.78 is 29.7. The number of nitrogens with zero attached hydrogens (tertiary/aromatic N) is 4. The van der Waals surface area contributed by atoms with E-state index in [1.807, 2.05) is 55.6 Å². The monoisotopic (exact) mass is 471 g/mol. The second kappa shape index (κ2) is 9.51. The van der Waals surface area contributed by atoms with Crippen LogP contribution in [0.3, 0.4) is 0 Å². The van der Waals surface area contributed by atoms with Crippen molar-refractivity contribution >= 4 is 29.2 Å². The molecule has 1 aliphatic heterocycles. The van der Waals surface area contributed by atoms with Crippen LogP contribution in [0.25, 0.3) is 11.1 Å². The number of hydrogen-bond donors (Lipinski definition) is 1. The second-order valence-corrected chi connectivity index (χ2v) is 9.16. The summed E-state index contributed by atoms with van der Waals surface area (Å²) in [5.41, 5.74) is 3.44. The number of thioether (sulfide) groups is 1. The normalized spacial score (nSPS) is 15.8. The molecule has 2 aromatic heterocycles. The minimum absolute atomic E-state index is 0.147. The molecule has 1 saturated heterocycles. The third kappa shape index (κ3) is 5.19. The number of benzene rings is 1. The lowest BCUT2D eigenvalue weighted by atomic mass is 9.99. The summed E-state index contributed by atoms with van der Waals surface area (Å²) in [6.07, 6.45) is 7.19. The molecule has 33 heavy (non-hydrogen) atoms. The van der Waals surface area contributed by atoms with E-state index in [9.17, 15) is 13.6 Å². The summed E-state index contributed by atoms with van der Waals surface area (Å²) in [7, 11) is 1.82. The molecule has 1 N–H and O–H groups in total. The Morgan fingerprint density at radius 2 is 2.03 bits per heavy atom. The number of anilines is 2. The molecule has 3 aromatic rings. The van der Waals surface area contributed by atoms with E-state index in [-0.39, 0.29) is 25.3 Å². The number of aryl methyl sites for hydroxylation is 1. The highest BCUT2D eigenvalue weighted by Crippen LogP contribution is 2.34. The highest BCUT2D eigenvalue weighted by molar-refractivity contribution is 7.98. The highest BCUT2D eigenvalue weighted by Gasteiger charge is 2.33. The van der Waals surface area contributed by atoms with Crippen LogP contribution < -0.4 is 10.2 Å². The zero-order valence-corrected chi connectivity index (χ0v) is 19.8. The number of nitrogens with one attached hydrogen (secondary N) is 1. The van der Waals surface area contributed by atoms with Gasteiger partial charge in [-0.25, -0.2) is 13.8 Å². The van der Waals surface area contributed by atoms with Crippen molar-refractivity contribution in [3.63, 3.8) is 0 Å². The molecule has 0 unspecified atom stereocenters. The molecule has 0 aliphatic carbocycles. The van der Waals surface area contributed by atoms with Gasteiger partial charge in [0.25, 0.3) is 5.91 Å². The zero-order chi connectivity index (χ0) is 23.6. The van der Waals surface area contributed by atoms with Crippen molar-refractivity contribution in [1.82, 2.24) is 14.8 Å². The van der Waals surface area contributed by atoms with E-state index in [1.54, 1.807) is 28.8 Å². The van der Waals surface area contributed by atoms with Crippen molar-refractivity contribution < 1.29 is 13.6 Å². The van der Waals surface area contributed by atoms with E-state index in [4.69, 9.17) is 0 Å². The number of alkyl halides is 2. The Balaban J connectivity index is 1.76. The van der Waals surface area contributed by atoms with E-state index in [1.165, 1.54) is 0 Å². The van der Waals surface area contributed by atoms with Crippen molar-refractivity contribution in [3.8, 4) is 11.1 Å². The maximum atomic E-state index is 14.0. The summed E-state index contributed by atoms with van der Waals surface area (Å²) in [5, 5.41) is 7.21. The number of carbonyl (C=O) groups is 1. The zero-order valence-electron chi connectivity index (χ0n) is 18.9. The smallest absolute Gasteiger partial charge is 0.259 e. The third-order valence-corrected chi connectivity index (χ3v) is 6.63. The summed E-state index contributed by atoms with van der Waals surface area (Å²) in [6, 6.07) is 7.59. The Kier molecular flexibility index (Phi) is 6.69. The molecule has 3 heterocycles. The Labute approximate surface area is 196 Å². The van der Waals surface area contributed by atoms with Crippen LogP contribution in [0.2, 0.25) is 0 Å². The van der Waals surface area contributed by atoms with Crippen LogP contribution in [-0.2, 0) is 7.05 Å². The first kappa shape index (κ1) is 23.2. The highest BCUT2D eigenvalue weighted by atomic mass is 32.2. The topological polar surface area (TPSA) is 63.1 Å². The Morgan fingerprint density at radius 1 is 1.21 bits per heavy atom. The van der Waals surface area contributed by atoms with Crippen molar-refractivity contribution in [1.29, 1.82) is 0 Å². The average Bonchev–Trinajstić information content (AvgIpc) is 3.12. The Morgan fingerprint density at radius 3 is 2.76 bits per heavy atom. The summed E-state index contributed by atoms with van der Waals surface area (Å²) in [4.78, 5) is 21.0. The fourth-order valence-corrected chi connectivity index (χ4v) is 4.58. The summed E-state index contributed by atoms with van der Waals surface area (Å²) in [6.45, 7) is 2.44. The van der Waals surface area contributed by atoms with Crippen LogP contribution >= 0.6 is 11.8 Å². The van der Waals surface area contributed by atoms with E-state index < -0.39 is 5.92 Å². The van der Waals surface area contributed by atoms with Gasteiger partial charge in [0, 0.05) is 67.1 Å². The van der Waals surface area contributed by atoms with E-state index in [0.717, 1.165) is 21.6 Å². The molecular weight excluding hydrogens is 444 g/mol. The standard InChI is InChI=1S/C24H27F2N5OS/c1-16-20(17-13-28-30(2)15-17)14-27-22(31-10-5-8-24(25,26)9-11-31)21(16)23(32)29-18-6-4-7-19(12-18)33-3/h4,6-7,12-15H,5,8-11H2,1-3H3,(H,29,32). The second-order valence-electron chi connectivity index (χ2n) is 8.28.